The zero-order valence-electron chi connectivity index (χ0n) is 19.7. The summed E-state index contributed by atoms with van der Waals surface area (Å²) in [6, 6.07) is 6.40. The Morgan fingerprint density at radius 3 is 2.41 bits per heavy atom. The Labute approximate surface area is 191 Å². The van der Waals surface area contributed by atoms with Crippen LogP contribution >= 0.6 is 0 Å². The topological polar surface area (TPSA) is 20.3 Å². The average molecular weight is 438 g/mol. The number of likely N-dealkylation sites (N-methyl/N-ethyl adjacent to an activating group) is 1. The Bertz CT molecular complexity index is 980. The molecule has 0 N–H and O–H groups in total. The van der Waals surface area contributed by atoms with Gasteiger partial charge in [-0.25, -0.2) is 4.39 Å². The van der Waals surface area contributed by atoms with Gasteiger partial charge in [0.2, 0.25) is 0 Å². The van der Waals surface area contributed by atoms with E-state index >= 15 is 0 Å². The minimum atomic E-state index is -0.282. The molecule has 0 aromatic heterocycles. The van der Waals surface area contributed by atoms with E-state index in [1.165, 1.54) is 18.1 Å². The number of hydrogen-bond acceptors (Lipinski definition) is 2. The molecule has 3 unspecified atom stereocenters. The molecule has 32 heavy (non-hydrogen) atoms. The summed E-state index contributed by atoms with van der Waals surface area (Å²) in [6.07, 6.45) is 5.83. The summed E-state index contributed by atoms with van der Waals surface area (Å²) < 4.78 is 28.6. The number of allylic oxidation sites excluding steroid dienone is 3. The summed E-state index contributed by atoms with van der Waals surface area (Å²) in [6.45, 7) is 8.48. The van der Waals surface area contributed by atoms with Crippen LogP contribution < -0.4 is 0 Å². The molecule has 1 aromatic carbocycles. The number of halogens is 2. The molecular weight excluding hydrogens is 405 g/mol. The number of rotatable bonds is 9. The molecule has 169 valence electrons. The predicted molar refractivity (Wildman–Crippen MR) is 127 cm³/mol. The van der Waals surface area contributed by atoms with Crippen LogP contribution in [0.5, 0.6) is 0 Å². The summed E-state index contributed by atoms with van der Waals surface area (Å²) in [5, 5.41) is 0.511. The van der Waals surface area contributed by atoms with Gasteiger partial charge < -0.3 is 0 Å². The van der Waals surface area contributed by atoms with E-state index in [-0.39, 0.29) is 40.4 Å². The molecule has 2 aliphatic heterocycles. The second-order valence-corrected chi connectivity index (χ2v) is 9.53. The van der Waals surface area contributed by atoms with Crippen molar-refractivity contribution in [2.24, 2.45) is 5.92 Å². The van der Waals surface area contributed by atoms with E-state index in [4.69, 9.17) is 7.49 Å². The second-order valence-electron chi connectivity index (χ2n) is 9.53. The normalized spacial score (nSPS) is 23.7. The molecule has 2 aliphatic rings. The van der Waals surface area contributed by atoms with Gasteiger partial charge >= 0.3 is 167 Å². The fourth-order valence-electron chi connectivity index (χ4n) is 4.98. The summed E-state index contributed by atoms with van der Waals surface area (Å²) in [5.74, 6) is 1.33. The number of quaternary nitrogens is 1. The van der Waals surface area contributed by atoms with E-state index in [1.807, 2.05) is 32.2 Å². The monoisotopic (exact) mass is 438 g/mol. The van der Waals surface area contributed by atoms with Crippen molar-refractivity contribution in [3.05, 3.63) is 70.3 Å². The van der Waals surface area contributed by atoms with Crippen LogP contribution in [-0.2, 0) is 4.79 Å². The van der Waals surface area contributed by atoms with Gasteiger partial charge in [0.15, 0.2) is 0 Å². The molecule has 0 fully saturated rings. The number of amides is 1. The Morgan fingerprint density at radius 1 is 1.16 bits per heavy atom. The second kappa shape index (κ2) is 9.66. The molecule has 0 spiro atoms. The van der Waals surface area contributed by atoms with E-state index < -0.39 is 0 Å². The van der Waals surface area contributed by atoms with E-state index in [9.17, 15) is 13.7 Å². The first kappa shape index (κ1) is 24.3. The fourth-order valence-corrected chi connectivity index (χ4v) is 4.98. The third kappa shape index (κ3) is 4.43. The molecule has 0 aliphatic carbocycles. The van der Waals surface area contributed by atoms with Crippen LogP contribution in [0.2, 0.25) is 0 Å². The molecule has 1 amide bonds. The number of carbonyl (C=O) groups is 1. The molecule has 3 atom stereocenters. The third-order valence-corrected chi connectivity index (χ3v) is 6.94. The molecule has 3 nitrogen and oxygen atoms in total. The van der Waals surface area contributed by atoms with Gasteiger partial charge in [-0.3, -0.25) is 0 Å². The molecule has 3 rings (SSSR count). The minimum absolute atomic E-state index is 0.00853. The third-order valence-electron chi connectivity index (χ3n) is 6.94. The summed E-state index contributed by atoms with van der Waals surface area (Å²) in [7, 11) is 7.29. The van der Waals surface area contributed by atoms with Gasteiger partial charge in [-0.2, -0.15) is 0 Å². The van der Waals surface area contributed by atoms with Crippen molar-refractivity contribution in [1.29, 1.82) is 0 Å². The number of nitrogens with zero attached hydrogens (tertiary/aromatic N) is 2. The van der Waals surface area contributed by atoms with Gasteiger partial charge in [0.05, 0.1) is 0 Å². The first-order valence-corrected chi connectivity index (χ1v) is 11.4. The molecule has 0 bridgehead atoms. The molecular formula is C26H33BF2N2O+. The van der Waals surface area contributed by atoms with Crippen molar-refractivity contribution in [3.63, 3.8) is 0 Å². The molecule has 0 saturated heterocycles. The van der Waals surface area contributed by atoms with Crippen molar-refractivity contribution in [1.82, 2.24) is 5.12 Å². The van der Waals surface area contributed by atoms with Crippen molar-refractivity contribution >= 4 is 19.4 Å². The van der Waals surface area contributed by atoms with Gasteiger partial charge in [-0.05, 0) is 0 Å². The molecule has 1 aromatic rings. The zero-order valence-corrected chi connectivity index (χ0v) is 19.7. The SMILES string of the molecule is [B]=CCCN(F)C1=CC2=CC(C)=C(C)C(C(CCC(C)C)c3ccc(F)cc3)[N+]2(C)C1=O. The van der Waals surface area contributed by atoms with Crippen molar-refractivity contribution in [2.75, 3.05) is 13.6 Å². The molecule has 1 radical (unpaired) electrons. The first-order valence-electron chi connectivity index (χ1n) is 11.4. The van der Waals surface area contributed by atoms with Gasteiger partial charge in [-0.15, -0.1) is 0 Å². The van der Waals surface area contributed by atoms with Gasteiger partial charge in [0.25, 0.3) is 0 Å². The van der Waals surface area contributed by atoms with Gasteiger partial charge in [0, 0.05) is 0 Å². The molecule has 2 heterocycles. The van der Waals surface area contributed by atoms with Gasteiger partial charge in [-0.1, -0.05) is 13.8 Å². The average Bonchev–Trinajstić information content (AvgIpc) is 3.00. The van der Waals surface area contributed by atoms with Crippen LogP contribution in [0, 0.1) is 11.7 Å². The molecule has 6 heteroatoms. The van der Waals surface area contributed by atoms with Crippen LogP contribution in [0.4, 0.5) is 8.87 Å². The van der Waals surface area contributed by atoms with E-state index in [0.717, 1.165) is 35.2 Å². The van der Waals surface area contributed by atoms with E-state index in [2.05, 4.69) is 20.8 Å². The van der Waals surface area contributed by atoms with Crippen LogP contribution in [0.1, 0.15) is 58.4 Å². The van der Waals surface area contributed by atoms with Crippen LogP contribution in [0.15, 0.2) is 59.0 Å². The van der Waals surface area contributed by atoms with Crippen LogP contribution in [0.25, 0.3) is 0 Å². The fraction of sp³-hybridized carbons (Fsp3) is 0.462. The first-order chi connectivity index (χ1) is 15.1. The number of carbonyl (C=O) groups excluding carboxylic acids is 1. The Balaban J connectivity index is 2.09. The zero-order chi connectivity index (χ0) is 23.6. The predicted octanol–water partition coefficient (Wildman–Crippen LogP) is 5.37. The van der Waals surface area contributed by atoms with Gasteiger partial charge in [0.1, 0.15) is 5.82 Å². The maximum atomic E-state index is 14.9. The number of benzene rings is 1. The summed E-state index contributed by atoms with van der Waals surface area (Å²) in [4.78, 5) is 13.7. The number of fused-ring (bicyclic) bond motifs is 1. The van der Waals surface area contributed by atoms with Crippen molar-refractivity contribution in [2.45, 2.75) is 58.9 Å². The quantitative estimate of drug-likeness (QED) is 0.294. The van der Waals surface area contributed by atoms with Crippen LogP contribution in [-0.4, -0.2) is 48.6 Å². The van der Waals surface area contributed by atoms with Crippen LogP contribution in [0.3, 0.4) is 0 Å². The Hall–Kier alpha value is -2.34. The van der Waals surface area contributed by atoms with E-state index in [1.54, 1.807) is 6.08 Å². The summed E-state index contributed by atoms with van der Waals surface area (Å²) in [5.41, 5.74) is 4.05. The Kier molecular flexibility index (Phi) is 7.34. The Morgan fingerprint density at radius 2 is 1.81 bits per heavy atom. The number of hydrogen-bond donors (Lipinski definition) is 0. The maximum absolute atomic E-state index is 14.9. The van der Waals surface area contributed by atoms with E-state index in [0.29, 0.717) is 17.5 Å². The van der Waals surface area contributed by atoms with Crippen molar-refractivity contribution in [3.8, 4) is 0 Å². The summed E-state index contributed by atoms with van der Waals surface area (Å²) >= 11 is 0. The van der Waals surface area contributed by atoms with Crippen molar-refractivity contribution < 1.29 is 18.1 Å². The standard InChI is InChI=1S/C26H33BF2N2O/c1-17(2)7-12-23(20-8-10-21(28)11-9-20)25-19(4)18(3)15-22-16-24(26(32)31(22,25)5)30(29)14-6-13-27/h8-11,13,15-17,23,25H,6-7,12,14H2,1-5H3/q+1. The molecule has 0 saturated carbocycles.